The average molecular weight is 317 g/mol. The number of piperidine rings is 1. The summed E-state index contributed by atoms with van der Waals surface area (Å²) in [5.41, 5.74) is 2.29. The number of aliphatic hydroxyl groups excluding tert-OH is 2. The van der Waals surface area contributed by atoms with Gasteiger partial charge >= 0.3 is 0 Å². The van der Waals surface area contributed by atoms with E-state index in [1.165, 1.54) is 11.1 Å². The third-order valence-corrected chi connectivity index (χ3v) is 6.15. The van der Waals surface area contributed by atoms with Crippen LogP contribution in [0.25, 0.3) is 0 Å². The first-order valence-electron chi connectivity index (χ1n) is 8.16. The Morgan fingerprint density at radius 3 is 2.83 bits per heavy atom. The number of aliphatic hydroxyl groups is 2. The quantitative estimate of drug-likeness (QED) is 0.618. The summed E-state index contributed by atoms with van der Waals surface area (Å²) >= 11 is 0. The van der Waals surface area contributed by atoms with E-state index < -0.39 is 6.10 Å². The lowest BCUT2D eigenvalue weighted by Gasteiger charge is -2.56. The molecule has 1 fully saturated rings. The molecule has 1 aromatic rings. The second-order valence-electron chi connectivity index (χ2n) is 6.93. The molecule has 0 radical (unpaired) electrons. The number of aromatic hydroxyl groups is 1. The lowest BCUT2D eigenvalue weighted by molar-refractivity contribution is -0.0453. The van der Waals surface area contributed by atoms with Crippen LogP contribution < -0.4 is 4.74 Å². The van der Waals surface area contributed by atoms with Crippen LogP contribution >= 0.6 is 0 Å². The fraction of sp³-hybridized carbons (Fsp3) is 0.556. The van der Waals surface area contributed by atoms with Crippen LogP contribution in [0.3, 0.4) is 0 Å². The van der Waals surface area contributed by atoms with Crippen LogP contribution in [0.5, 0.6) is 11.5 Å². The maximum absolute atomic E-state index is 10.4. The second-order valence-corrected chi connectivity index (χ2v) is 6.93. The number of nitrogens with zero attached hydrogens (tertiary/aromatic N) is 1. The van der Waals surface area contributed by atoms with Gasteiger partial charge < -0.3 is 25.0 Å². The lowest BCUT2D eigenvalue weighted by Crippen LogP contribution is -2.64. The zero-order chi connectivity index (χ0) is 16.4. The number of phenols is 1. The van der Waals surface area contributed by atoms with E-state index in [1.54, 1.807) is 6.07 Å². The highest BCUT2D eigenvalue weighted by atomic mass is 16.5. The summed E-state index contributed by atoms with van der Waals surface area (Å²) in [5, 5.41) is 27.6. The van der Waals surface area contributed by atoms with Gasteiger partial charge in [0.15, 0.2) is 11.5 Å². The fourth-order valence-corrected chi connectivity index (χ4v) is 5.24. The average Bonchev–Trinajstić information content (AvgIpc) is 2.92. The van der Waals surface area contributed by atoms with Crippen molar-refractivity contribution < 1.29 is 20.1 Å². The smallest absolute Gasteiger partial charge is 0.165 e. The summed E-state index contributed by atoms with van der Waals surface area (Å²) in [6, 6.07) is 4.23. The molecule has 5 atom stereocenters. The molecule has 124 valence electrons. The maximum atomic E-state index is 10.4. The van der Waals surface area contributed by atoms with Crippen molar-refractivity contribution in [2.75, 3.05) is 20.7 Å². The Labute approximate surface area is 135 Å². The van der Waals surface area contributed by atoms with Gasteiger partial charge in [-0.2, -0.15) is 0 Å². The van der Waals surface area contributed by atoms with Gasteiger partial charge in [-0.25, -0.2) is 0 Å². The molecule has 0 saturated carbocycles. The Morgan fingerprint density at radius 1 is 1.26 bits per heavy atom. The molecule has 2 aliphatic heterocycles. The van der Waals surface area contributed by atoms with Crippen LogP contribution in [0.1, 0.15) is 17.5 Å². The molecule has 1 spiro atoms. The Bertz CT molecular complexity index is 673. The number of benzene rings is 1. The van der Waals surface area contributed by atoms with Crippen LogP contribution in [0, 0.1) is 5.92 Å². The molecule has 0 aromatic heterocycles. The summed E-state index contributed by atoms with van der Waals surface area (Å²) in [4.78, 5) is 2.43. The summed E-state index contributed by atoms with van der Waals surface area (Å²) in [6.07, 6.45) is 5.18. The summed E-state index contributed by atoms with van der Waals surface area (Å²) in [7, 11) is 3.19. The number of ether oxygens (including phenoxy) is 1. The van der Waals surface area contributed by atoms with Gasteiger partial charge in [-0.15, -0.1) is 0 Å². The van der Waals surface area contributed by atoms with Crippen molar-refractivity contribution in [1.29, 1.82) is 0 Å². The largest absolute Gasteiger partial charge is 0.504 e. The molecule has 1 aromatic carbocycles. The highest BCUT2D eigenvalue weighted by Gasteiger charge is 2.64. The highest BCUT2D eigenvalue weighted by Crippen LogP contribution is 2.62. The van der Waals surface area contributed by atoms with Crippen molar-refractivity contribution in [3.8, 4) is 11.5 Å². The molecule has 5 nitrogen and oxygen atoms in total. The standard InChI is InChI=1S/C17H19NO3.CH4O/c1-18-7-6-17-10-3-5-13(20)16(17)21-15-12(19)4-2-9(14(15)17)8-11(10)18;1-2/h2-5,10-11,13,16,19-20H,6-8H2,1H3;2H,1H3/t10-,11+,13-,16-,17-;/m0./s1. The molecule has 0 unspecified atom stereocenters. The fourth-order valence-electron chi connectivity index (χ4n) is 5.24. The van der Waals surface area contributed by atoms with Crippen LogP contribution in [-0.4, -0.2) is 59.2 Å². The van der Waals surface area contributed by atoms with E-state index in [1.807, 2.05) is 12.1 Å². The van der Waals surface area contributed by atoms with E-state index in [0.29, 0.717) is 17.7 Å². The van der Waals surface area contributed by atoms with E-state index in [-0.39, 0.29) is 17.3 Å². The van der Waals surface area contributed by atoms with Gasteiger partial charge in [-0.05, 0) is 38.1 Å². The molecule has 4 aliphatic rings. The van der Waals surface area contributed by atoms with Crippen LogP contribution in [0.2, 0.25) is 0 Å². The second kappa shape index (κ2) is 4.97. The summed E-state index contributed by atoms with van der Waals surface area (Å²) < 4.78 is 6.09. The minimum atomic E-state index is -0.594. The topological polar surface area (TPSA) is 73.2 Å². The molecule has 3 N–H and O–H groups in total. The van der Waals surface area contributed by atoms with Gasteiger partial charge in [0.1, 0.15) is 12.2 Å². The van der Waals surface area contributed by atoms with Crippen molar-refractivity contribution >= 4 is 0 Å². The normalized spacial score (nSPS) is 39.1. The van der Waals surface area contributed by atoms with Crippen molar-refractivity contribution in [3.05, 3.63) is 35.4 Å². The predicted octanol–water partition coefficient (Wildman–Crippen LogP) is 0.807. The third kappa shape index (κ3) is 1.67. The van der Waals surface area contributed by atoms with E-state index in [4.69, 9.17) is 9.84 Å². The van der Waals surface area contributed by atoms with E-state index >= 15 is 0 Å². The van der Waals surface area contributed by atoms with Crippen molar-refractivity contribution in [2.45, 2.75) is 36.5 Å². The first-order valence-corrected chi connectivity index (χ1v) is 8.16. The molecule has 5 heteroatoms. The number of likely N-dealkylation sites (N-methyl/N-ethyl adjacent to an activating group) is 1. The minimum absolute atomic E-state index is 0.160. The molecular formula is C18H23NO4. The molecule has 23 heavy (non-hydrogen) atoms. The van der Waals surface area contributed by atoms with E-state index in [2.05, 4.69) is 18.0 Å². The Balaban J connectivity index is 0.000000652. The first-order chi connectivity index (χ1) is 11.1. The molecular weight excluding hydrogens is 294 g/mol. The highest BCUT2D eigenvalue weighted by molar-refractivity contribution is 5.61. The predicted molar refractivity (Wildman–Crippen MR) is 85.7 cm³/mol. The van der Waals surface area contributed by atoms with Gasteiger partial charge in [0.05, 0.1) is 0 Å². The van der Waals surface area contributed by atoms with Gasteiger partial charge in [-0.1, -0.05) is 18.2 Å². The number of rotatable bonds is 0. The van der Waals surface area contributed by atoms with Gasteiger partial charge in [0, 0.05) is 30.0 Å². The van der Waals surface area contributed by atoms with Crippen LogP contribution in [-0.2, 0) is 11.8 Å². The molecule has 2 heterocycles. The summed E-state index contributed by atoms with van der Waals surface area (Å²) in [5.74, 6) is 1.19. The van der Waals surface area contributed by atoms with Crippen molar-refractivity contribution in [3.63, 3.8) is 0 Å². The molecule has 0 amide bonds. The summed E-state index contributed by atoms with van der Waals surface area (Å²) in [6.45, 7) is 1.01. The lowest BCUT2D eigenvalue weighted by atomic mass is 9.53. The number of phenolic OH excluding ortho intramolecular Hbond substituents is 1. The van der Waals surface area contributed by atoms with Crippen LogP contribution in [0.15, 0.2) is 24.3 Å². The first kappa shape index (κ1) is 15.0. The SMILES string of the molecule is CN1CC[C@]23c4c5ccc(O)c4O[C@H]2[C@@H](O)C=C[C@H]3[C@H]1C5.CO. The minimum Gasteiger partial charge on any atom is -0.504 e. The zero-order valence-electron chi connectivity index (χ0n) is 13.4. The zero-order valence-corrected chi connectivity index (χ0v) is 13.4. The number of hydrogen-bond acceptors (Lipinski definition) is 5. The monoisotopic (exact) mass is 317 g/mol. The third-order valence-electron chi connectivity index (χ3n) is 6.15. The Hall–Kier alpha value is -1.56. The Kier molecular flexibility index (Phi) is 3.24. The van der Waals surface area contributed by atoms with E-state index in [9.17, 15) is 10.2 Å². The van der Waals surface area contributed by atoms with Gasteiger partial charge in [0.25, 0.3) is 0 Å². The molecule has 2 bridgehead atoms. The molecule has 2 aliphatic carbocycles. The maximum Gasteiger partial charge on any atom is 0.165 e. The Morgan fingerprint density at radius 2 is 2.04 bits per heavy atom. The van der Waals surface area contributed by atoms with E-state index in [0.717, 1.165) is 26.5 Å². The van der Waals surface area contributed by atoms with Crippen LogP contribution in [0.4, 0.5) is 0 Å². The number of hydrogen-bond donors (Lipinski definition) is 3. The van der Waals surface area contributed by atoms with Crippen molar-refractivity contribution in [1.82, 2.24) is 4.90 Å². The number of likely N-dealkylation sites (tertiary alicyclic amines) is 1. The molecule has 1 saturated heterocycles. The molecule has 5 rings (SSSR count). The van der Waals surface area contributed by atoms with Crippen molar-refractivity contribution in [2.24, 2.45) is 5.92 Å². The van der Waals surface area contributed by atoms with Gasteiger partial charge in [0.2, 0.25) is 0 Å². The van der Waals surface area contributed by atoms with Gasteiger partial charge in [-0.3, -0.25) is 0 Å².